The lowest BCUT2D eigenvalue weighted by molar-refractivity contribution is -0.123. The van der Waals surface area contributed by atoms with Gasteiger partial charge in [-0.15, -0.1) is 0 Å². The van der Waals surface area contributed by atoms with Gasteiger partial charge < -0.3 is 10.6 Å². The van der Waals surface area contributed by atoms with Crippen LogP contribution >= 0.6 is 23.2 Å². The summed E-state index contributed by atoms with van der Waals surface area (Å²) in [6.45, 7) is 5.62. The second-order valence-electron chi connectivity index (χ2n) is 6.45. The van der Waals surface area contributed by atoms with Crippen LogP contribution in [0.1, 0.15) is 44.7 Å². The molecule has 2 N–H and O–H groups in total. The Hall–Kier alpha value is -1.30. The molecule has 1 aliphatic rings. The first kappa shape index (κ1) is 20.0. The summed E-state index contributed by atoms with van der Waals surface area (Å²) < 4.78 is 0. The maximum absolute atomic E-state index is 12.3. The zero-order chi connectivity index (χ0) is 18.4. The number of amides is 2. The second-order valence-corrected chi connectivity index (χ2v) is 7.29. The van der Waals surface area contributed by atoms with Gasteiger partial charge in [0.25, 0.3) is 0 Å². The molecule has 2 rings (SSSR count). The van der Waals surface area contributed by atoms with E-state index in [9.17, 15) is 9.59 Å². The van der Waals surface area contributed by atoms with Crippen LogP contribution in [0.15, 0.2) is 18.2 Å². The number of likely N-dealkylation sites (tertiary alicyclic amines) is 1. The fourth-order valence-corrected chi connectivity index (χ4v) is 3.64. The fraction of sp³-hybridized carbons (Fsp3) is 0.556. The molecule has 0 bridgehead atoms. The highest BCUT2D eigenvalue weighted by Gasteiger charge is 2.23. The van der Waals surface area contributed by atoms with Crippen LogP contribution in [0.5, 0.6) is 0 Å². The first-order valence-electron chi connectivity index (χ1n) is 8.65. The van der Waals surface area contributed by atoms with E-state index in [4.69, 9.17) is 23.2 Å². The highest BCUT2D eigenvalue weighted by atomic mass is 35.5. The molecule has 1 saturated heterocycles. The number of halogens is 2. The van der Waals surface area contributed by atoms with E-state index >= 15 is 0 Å². The summed E-state index contributed by atoms with van der Waals surface area (Å²) >= 11 is 12.1. The summed E-state index contributed by atoms with van der Waals surface area (Å²) in [6.07, 6.45) is 2.41. The number of hydrogen-bond acceptors (Lipinski definition) is 3. The number of piperidine rings is 1. The molecule has 1 fully saturated rings. The van der Waals surface area contributed by atoms with Crippen molar-refractivity contribution in [3.8, 4) is 0 Å². The van der Waals surface area contributed by atoms with E-state index in [1.807, 2.05) is 19.9 Å². The molecule has 1 aliphatic heterocycles. The summed E-state index contributed by atoms with van der Waals surface area (Å²) in [4.78, 5) is 26.0. The van der Waals surface area contributed by atoms with Gasteiger partial charge in [0.2, 0.25) is 11.8 Å². The molecule has 5 nitrogen and oxygen atoms in total. The molecule has 25 heavy (non-hydrogen) atoms. The van der Waals surface area contributed by atoms with Gasteiger partial charge in [-0.25, -0.2) is 0 Å². The number of hydrogen-bond donors (Lipinski definition) is 2. The van der Waals surface area contributed by atoms with E-state index in [0.29, 0.717) is 29.6 Å². The molecule has 1 heterocycles. The van der Waals surface area contributed by atoms with Crippen molar-refractivity contribution in [3.05, 3.63) is 33.8 Å². The van der Waals surface area contributed by atoms with Crippen molar-refractivity contribution >= 4 is 35.0 Å². The third kappa shape index (κ3) is 6.17. The van der Waals surface area contributed by atoms with E-state index < -0.39 is 0 Å². The molecular formula is C18H25Cl2N3O2. The lowest BCUT2D eigenvalue weighted by atomic mass is 10.1. The molecular weight excluding hydrogens is 361 g/mol. The quantitative estimate of drug-likeness (QED) is 0.790. The predicted octanol–water partition coefficient (Wildman–Crippen LogP) is 3.16. The Bertz CT molecular complexity index is 624. The van der Waals surface area contributed by atoms with Crippen molar-refractivity contribution in [3.63, 3.8) is 0 Å². The first-order chi connectivity index (χ1) is 11.9. The Morgan fingerprint density at radius 2 is 2.08 bits per heavy atom. The standard InChI is InChI=1S/C18H25Cl2N3O2/c1-3-17(24)22-14-5-4-8-23(10-14)11-18(25)21-12(2)15-7-6-13(19)9-16(15)20/h6-7,9,12,14H,3-5,8,10-11H2,1-2H3,(H,21,25)(H,22,24). The third-order valence-electron chi connectivity index (χ3n) is 4.37. The van der Waals surface area contributed by atoms with E-state index in [0.717, 1.165) is 24.9 Å². The number of rotatable bonds is 6. The van der Waals surface area contributed by atoms with Crippen LogP contribution in [0.4, 0.5) is 0 Å². The summed E-state index contributed by atoms with van der Waals surface area (Å²) in [5.41, 5.74) is 0.839. The number of nitrogens with zero attached hydrogens (tertiary/aromatic N) is 1. The van der Waals surface area contributed by atoms with Gasteiger partial charge in [0.1, 0.15) is 0 Å². The van der Waals surface area contributed by atoms with Gasteiger partial charge in [-0.05, 0) is 44.0 Å². The number of benzene rings is 1. The average Bonchev–Trinajstić information content (AvgIpc) is 2.54. The largest absolute Gasteiger partial charge is 0.352 e. The molecule has 0 spiro atoms. The van der Waals surface area contributed by atoms with Gasteiger partial charge in [0.15, 0.2) is 0 Å². The molecule has 0 aliphatic carbocycles. The van der Waals surface area contributed by atoms with E-state index in [2.05, 4.69) is 15.5 Å². The Morgan fingerprint density at radius 1 is 1.32 bits per heavy atom. The molecule has 2 atom stereocenters. The highest BCUT2D eigenvalue weighted by molar-refractivity contribution is 6.35. The van der Waals surface area contributed by atoms with Crippen molar-refractivity contribution in [2.24, 2.45) is 0 Å². The van der Waals surface area contributed by atoms with Crippen molar-refractivity contribution < 1.29 is 9.59 Å². The van der Waals surface area contributed by atoms with Crippen LogP contribution < -0.4 is 10.6 Å². The van der Waals surface area contributed by atoms with Crippen molar-refractivity contribution in [1.82, 2.24) is 15.5 Å². The summed E-state index contributed by atoms with van der Waals surface area (Å²) in [5.74, 6) is 0.00305. The van der Waals surface area contributed by atoms with Gasteiger partial charge in [-0.2, -0.15) is 0 Å². The average molecular weight is 386 g/mol. The van der Waals surface area contributed by atoms with Crippen LogP contribution in [0.25, 0.3) is 0 Å². The third-order valence-corrected chi connectivity index (χ3v) is 4.93. The van der Waals surface area contributed by atoms with Gasteiger partial charge >= 0.3 is 0 Å². The Kier molecular flexibility index (Phi) is 7.54. The van der Waals surface area contributed by atoms with Gasteiger partial charge in [-0.1, -0.05) is 36.2 Å². The molecule has 7 heteroatoms. The van der Waals surface area contributed by atoms with Crippen molar-refractivity contribution in [2.75, 3.05) is 19.6 Å². The van der Waals surface area contributed by atoms with Crippen LogP contribution in [0.2, 0.25) is 10.0 Å². The lowest BCUT2D eigenvalue weighted by Gasteiger charge is -2.32. The SMILES string of the molecule is CCC(=O)NC1CCCN(CC(=O)NC(C)c2ccc(Cl)cc2Cl)C1. The molecule has 0 saturated carbocycles. The summed E-state index contributed by atoms with van der Waals surface area (Å²) in [6, 6.07) is 5.19. The smallest absolute Gasteiger partial charge is 0.234 e. The molecule has 0 aromatic heterocycles. The van der Waals surface area contributed by atoms with Crippen molar-refractivity contribution in [2.45, 2.75) is 45.2 Å². The van der Waals surface area contributed by atoms with Gasteiger partial charge in [0.05, 0.1) is 12.6 Å². The maximum Gasteiger partial charge on any atom is 0.234 e. The molecule has 1 aromatic carbocycles. The van der Waals surface area contributed by atoms with Crippen LogP contribution in [0.3, 0.4) is 0 Å². The number of nitrogens with one attached hydrogen (secondary N) is 2. The van der Waals surface area contributed by atoms with Crippen LogP contribution in [-0.4, -0.2) is 42.4 Å². The molecule has 1 aromatic rings. The second kappa shape index (κ2) is 9.41. The minimum atomic E-state index is -0.197. The monoisotopic (exact) mass is 385 g/mol. The molecule has 2 unspecified atom stereocenters. The Morgan fingerprint density at radius 3 is 2.76 bits per heavy atom. The van der Waals surface area contributed by atoms with Crippen LogP contribution in [-0.2, 0) is 9.59 Å². The minimum Gasteiger partial charge on any atom is -0.352 e. The summed E-state index contributed by atoms with van der Waals surface area (Å²) in [7, 11) is 0. The normalized spacial score (nSPS) is 19.3. The van der Waals surface area contributed by atoms with Crippen LogP contribution in [0, 0.1) is 0 Å². The predicted molar refractivity (Wildman–Crippen MR) is 101 cm³/mol. The van der Waals surface area contributed by atoms with E-state index in [1.54, 1.807) is 12.1 Å². The maximum atomic E-state index is 12.3. The minimum absolute atomic E-state index is 0.0546. The van der Waals surface area contributed by atoms with E-state index in [1.165, 1.54) is 0 Å². The molecule has 138 valence electrons. The van der Waals surface area contributed by atoms with Crippen molar-refractivity contribution in [1.29, 1.82) is 0 Å². The lowest BCUT2D eigenvalue weighted by Crippen LogP contribution is -2.50. The number of carbonyl (C=O) groups excluding carboxylic acids is 2. The Labute approximate surface area is 159 Å². The summed E-state index contributed by atoms with van der Waals surface area (Å²) in [5, 5.41) is 7.10. The molecule has 0 radical (unpaired) electrons. The zero-order valence-electron chi connectivity index (χ0n) is 14.6. The fourth-order valence-electron chi connectivity index (χ4n) is 3.07. The van der Waals surface area contributed by atoms with Gasteiger partial charge in [-0.3, -0.25) is 14.5 Å². The first-order valence-corrected chi connectivity index (χ1v) is 9.40. The Balaban J connectivity index is 1.85. The molecule has 2 amide bonds. The van der Waals surface area contributed by atoms with E-state index in [-0.39, 0.29) is 23.9 Å². The zero-order valence-corrected chi connectivity index (χ0v) is 16.2. The number of carbonyl (C=O) groups is 2. The highest BCUT2D eigenvalue weighted by Crippen LogP contribution is 2.26. The van der Waals surface area contributed by atoms with Gasteiger partial charge in [0, 0.05) is 29.1 Å². The topological polar surface area (TPSA) is 61.4 Å².